The Morgan fingerprint density at radius 3 is 2.74 bits per heavy atom. The predicted molar refractivity (Wildman–Crippen MR) is 160 cm³/mol. The van der Waals surface area contributed by atoms with E-state index in [1.54, 1.807) is 18.3 Å². The summed E-state index contributed by atoms with van der Waals surface area (Å²) < 4.78 is 13.8. The van der Waals surface area contributed by atoms with E-state index in [2.05, 4.69) is 38.4 Å². The molecule has 1 atom stereocenters. The largest absolute Gasteiger partial charge is 0.348 e. The lowest BCUT2D eigenvalue weighted by Crippen LogP contribution is -2.31. The first kappa shape index (κ1) is 27.8. The molecule has 2 aromatic carbocycles. The number of aromatic nitrogens is 4. The van der Waals surface area contributed by atoms with E-state index in [1.807, 2.05) is 36.7 Å². The lowest BCUT2D eigenvalue weighted by Gasteiger charge is -2.34. The number of aromatic amines is 1. The van der Waals surface area contributed by atoms with Crippen molar-refractivity contribution in [2.24, 2.45) is 0 Å². The maximum absolute atomic E-state index is 13.8. The number of H-pyrrole nitrogens is 1. The number of aryl methyl sites for hydroxylation is 1. The second-order valence-electron chi connectivity index (χ2n) is 10.5. The van der Waals surface area contributed by atoms with Gasteiger partial charge in [-0.1, -0.05) is 54.1 Å². The normalized spacial score (nSPS) is 14.5. The van der Waals surface area contributed by atoms with E-state index >= 15 is 0 Å². The third-order valence-electron chi connectivity index (χ3n) is 7.59. The molecular weight excluding hydrogens is 551 g/mol. The first-order chi connectivity index (χ1) is 20.5. The molecule has 2 N–H and O–H groups in total. The number of carbonyl (C=O) groups excluding carboxylic acids is 1. The lowest BCUT2D eigenvalue weighted by atomic mass is 9.90. The SMILES string of the molecule is O=C(NCc1ccc(CN(Cc2nc(-c3cccc(F)c3)c[nH]2)C2CCCc3cccnc32)cc1)c1ccncc1Cl. The summed E-state index contributed by atoms with van der Waals surface area (Å²) in [6.45, 7) is 1.66. The van der Waals surface area contributed by atoms with Crippen LogP contribution >= 0.6 is 11.6 Å². The van der Waals surface area contributed by atoms with Crippen LogP contribution in [-0.4, -0.2) is 30.7 Å². The number of hydrogen-bond acceptors (Lipinski definition) is 5. The summed E-state index contributed by atoms with van der Waals surface area (Å²) in [5.74, 6) is 0.288. The summed E-state index contributed by atoms with van der Waals surface area (Å²) in [6.07, 6.45) is 9.83. The van der Waals surface area contributed by atoms with Crippen LogP contribution in [0.1, 0.15) is 57.5 Å². The molecule has 0 saturated heterocycles. The number of halogens is 2. The zero-order valence-corrected chi connectivity index (χ0v) is 23.7. The van der Waals surface area contributed by atoms with E-state index in [-0.39, 0.29) is 17.8 Å². The Morgan fingerprint density at radius 2 is 1.90 bits per heavy atom. The van der Waals surface area contributed by atoms with Crippen LogP contribution < -0.4 is 5.32 Å². The molecule has 3 aromatic heterocycles. The molecule has 7 nitrogen and oxygen atoms in total. The predicted octanol–water partition coefficient (Wildman–Crippen LogP) is 6.67. The first-order valence-corrected chi connectivity index (χ1v) is 14.3. The van der Waals surface area contributed by atoms with Crippen LogP contribution in [0.3, 0.4) is 0 Å². The van der Waals surface area contributed by atoms with Crippen LogP contribution in [0.4, 0.5) is 4.39 Å². The number of hydrogen-bond donors (Lipinski definition) is 2. The molecule has 0 fully saturated rings. The molecule has 0 bridgehead atoms. The third-order valence-corrected chi connectivity index (χ3v) is 7.89. The van der Waals surface area contributed by atoms with Crippen molar-refractivity contribution < 1.29 is 9.18 Å². The van der Waals surface area contributed by atoms with Crippen LogP contribution in [-0.2, 0) is 26.1 Å². The van der Waals surface area contributed by atoms with Crippen molar-refractivity contribution in [3.05, 3.63) is 136 Å². The molecule has 1 aliphatic carbocycles. The van der Waals surface area contributed by atoms with Gasteiger partial charge in [0.15, 0.2) is 0 Å². The quantitative estimate of drug-likeness (QED) is 0.203. The lowest BCUT2D eigenvalue weighted by molar-refractivity contribution is 0.0951. The Hall–Kier alpha value is -4.40. The second kappa shape index (κ2) is 12.6. The fourth-order valence-electron chi connectivity index (χ4n) is 5.48. The molecular formula is C33H30ClFN6O. The number of benzene rings is 2. The molecule has 0 spiro atoms. The van der Waals surface area contributed by atoms with Crippen molar-refractivity contribution in [2.45, 2.75) is 44.9 Å². The van der Waals surface area contributed by atoms with E-state index in [9.17, 15) is 9.18 Å². The number of nitrogens with one attached hydrogen (secondary N) is 2. The van der Waals surface area contributed by atoms with Crippen LogP contribution in [0.5, 0.6) is 0 Å². The first-order valence-electron chi connectivity index (χ1n) is 14.0. The third kappa shape index (κ3) is 6.40. The Bertz CT molecular complexity index is 1690. The Kier molecular flexibility index (Phi) is 8.35. The summed E-state index contributed by atoms with van der Waals surface area (Å²) in [7, 11) is 0. The van der Waals surface area contributed by atoms with Gasteiger partial charge >= 0.3 is 0 Å². The fourth-order valence-corrected chi connectivity index (χ4v) is 5.69. The number of pyridine rings is 2. The van der Waals surface area contributed by atoms with Gasteiger partial charge in [0.2, 0.25) is 0 Å². The Balaban J connectivity index is 1.19. The molecule has 0 aliphatic heterocycles. The fraction of sp³-hybridized carbons (Fsp3) is 0.212. The number of carbonyl (C=O) groups is 1. The minimum absolute atomic E-state index is 0.141. The van der Waals surface area contributed by atoms with E-state index < -0.39 is 0 Å². The smallest absolute Gasteiger partial charge is 0.253 e. The second-order valence-corrected chi connectivity index (χ2v) is 10.9. The van der Waals surface area contributed by atoms with E-state index in [1.165, 1.54) is 23.9 Å². The van der Waals surface area contributed by atoms with Crippen molar-refractivity contribution in [1.82, 2.24) is 30.2 Å². The van der Waals surface area contributed by atoms with Gasteiger partial charge in [0.25, 0.3) is 5.91 Å². The number of amides is 1. The molecule has 0 radical (unpaired) electrons. The zero-order chi connectivity index (χ0) is 28.9. The van der Waals surface area contributed by atoms with Crippen molar-refractivity contribution in [1.29, 1.82) is 0 Å². The highest BCUT2D eigenvalue weighted by Gasteiger charge is 2.28. The van der Waals surface area contributed by atoms with Crippen molar-refractivity contribution >= 4 is 17.5 Å². The highest BCUT2D eigenvalue weighted by molar-refractivity contribution is 6.33. The molecule has 9 heteroatoms. The van der Waals surface area contributed by atoms with Crippen LogP contribution in [0.15, 0.2) is 91.5 Å². The monoisotopic (exact) mass is 580 g/mol. The van der Waals surface area contributed by atoms with Gasteiger partial charge in [-0.05, 0) is 60.2 Å². The molecule has 6 rings (SSSR count). The van der Waals surface area contributed by atoms with Gasteiger partial charge in [0.05, 0.1) is 34.6 Å². The van der Waals surface area contributed by atoms with Gasteiger partial charge in [-0.3, -0.25) is 19.7 Å². The minimum atomic E-state index is -0.284. The van der Waals surface area contributed by atoms with Crippen LogP contribution in [0.2, 0.25) is 5.02 Å². The topological polar surface area (TPSA) is 86.8 Å². The number of rotatable bonds is 9. The summed E-state index contributed by atoms with van der Waals surface area (Å²) in [5.41, 5.74) is 6.39. The van der Waals surface area contributed by atoms with Gasteiger partial charge in [-0.25, -0.2) is 9.37 Å². The van der Waals surface area contributed by atoms with Gasteiger partial charge < -0.3 is 10.3 Å². The standard InChI is InChI=1S/C33H30ClFN6O/c34-28-18-36-15-13-27(28)33(42)39-17-22-9-11-23(12-10-22)20-41(30-8-2-4-24-6-3-14-37-32(24)30)21-31-38-19-29(40-31)25-5-1-7-26(35)16-25/h1,3,5-7,9-16,18-19,30H,2,4,8,17,20-21H2,(H,38,40)(H,39,42). The summed E-state index contributed by atoms with van der Waals surface area (Å²) in [4.78, 5) is 31.8. The van der Waals surface area contributed by atoms with Crippen molar-refractivity contribution in [2.75, 3.05) is 0 Å². The highest BCUT2D eigenvalue weighted by atomic mass is 35.5. The number of fused-ring (bicyclic) bond motifs is 1. The molecule has 212 valence electrons. The van der Waals surface area contributed by atoms with Gasteiger partial charge in [-0.2, -0.15) is 0 Å². The van der Waals surface area contributed by atoms with E-state index in [0.717, 1.165) is 47.5 Å². The molecule has 1 amide bonds. The highest BCUT2D eigenvalue weighted by Crippen LogP contribution is 2.35. The van der Waals surface area contributed by atoms with Crippen molar-refractivity contribution in [3.8, 4) is 11.3 Å². The van der Waals surface area contributed by atoms with E-state index in [0.29, 0.717) is 35.9 Å². The Morgan fingerprint density at radius 1 is 1.05 bits per heavy atom. The maximum Gasteiger partial charge on any atom is 0.253 e. The molecule has 0 saturated carbocycles. The molecule has 1 unspecified atom stereocenters. The summed E-state index contributed by atoms with van der Waals surface area (Å²) in [5, 5.41) is 3.25. The average molecular weight is 581 g/mol. The molecule has 5 aromatic rings. The maximum atomic E-state index is 13.8. The molecule has 1 aliphatic rings. The molecule has 3 heterocycles. The van der Waals surface area contributed by atoms with Gasteiger partial charge in [0.1, 0.15) is 11.6 Å². The summed E-state index contributed by atoms with van der Waals surface area (Å²) in [6, 6.07) is 20.7. The van der Waals surface area contributed by atoms with Crippen LogP contribution in [0, 0.1) is 5.82 Å². The Labute approximate surface area is 248 Å². The average Bonchev–Trinajstić information content (AvgIpc) is 3.49. The van der Waals surface area contributed by atoms with Crippen LogP contribution in [0.25, 0.3) is 11.3 Å². The van der Waals surface area contributed by atoms with Gasteiger partial charge in [0, 0.05) is 43.4 Å². The number of imidazole rings is 1. The minimum Gasteiger partial charge on any atom is -0.348 e. The summed E-state index contributed by atoms with van der Waals surface area (Å²) >= 11 is 6.11. The van der Waals surface area contributed by atoms with Crippen molar-refractivity contribution in [3.63, 3.8) is 0 Å². The number of nitrogens with zero attached hydrogens (tertiary/aromatic N) is 4. The zero-order valence-electron chi connectivity index (χ0n) is 22.9. The van der Waals surface area contributed by atoms with E-state index in [4.69, 9.17) is 21.6 Å². The van der Waals surface area contributed by atoms with Gasteiger partial charge in [-0.15, -0.1) is 0 Å². The molecule has 42 heavy (non-hydrogen) atoms.